The average Bonchev–Trinajstić information content (AvgIpc) is 2.93. The van der Waals surface area contributed by atoms with E-state index in [1.165, 1.54) is 18.9 Å². The van der Waals surface area contributed by atoms with E-state index in [1.54, 1.807) is 12.1 Å². The molecule has 0 bridgehead atoms. The molecule has 1 aliphatic rings. The van der Waals surface area contributed by atoms with Crippen LogP contribution in [0.5, 0.6) is 0 Å². The van der Waals surface area contributed by atoms with Gasteiger partial charge in [-0.1, -0.05) is 12.8 Å². The standard InChI is InChI=1S/C15H20FN3/c1-2-19-13-9-11(16)5-6-12(13)18-14(19)10-15(17)7-3-4-8-15/h5-6,9H,2-4,7-8,10,17H2,1H3. The molecule has 0 aliphatic heterocycles. The largest absolute Gasteiger partial charge is 0.328 e. The molecular formula is C15H20FN3. The van der Waals surface area contributed by atoms with Crippen LogP contribution in [0, 0.1) is 5.82 Å². The van der Waals surface area contributed by atoms with Crippen molar-refractivity contribution in [1.29, 1.82) is 0 Å². The van der Waals surface area contributed by atoms with Crippen molar-refractivity contribution < 1.29 is 4.39 Å². The number of nitrogens with two attached hydrogens (primary N) is 1. The third-order valence-corrected chi connectivity index (χ3v) is 4.22. The number of halogens is 1. The molecule has 0 atom stereocenters. The van der Waals surface area contributed by atoms with Crippen LogP contribution in [0.1, 0.15) is 38.4 Å². The van der Waals surface area contributed by atoms with Crippen LogP contribution in [0.3, 0.4) is 0 Å². The maximum absolute atomic E-state index is 13.4. The molecule has 0 spiro atoms. The number of hydrogen-bond acceptors (Lipinski definition) is 2. The predicted octanol–water partition coefficient (Wildman–Crippen LogP) is 3.01. The maximum Gasteiger partial charge on any atom is 0.125 e. The topological polar surface area (TPSA) is 43.8 Å². The van der Waals surface area contributed by atoms with Crippen LogP contribution in [-0.4, -0.2) is 15.1 Å². The van der Waals surface area contributed by atoms with Gasteiger partial charge in [0.05, 0.1) is 11.0 Å². The number of fused-ring (bicyclic) bond motifs is 1. The lowest BCUT2D eigenvalue weighted by molar-refractivity contribution is 0.419. The Balaban J connectivity index is 2.03. The molecular weight excluding hydrogens is 241 g/mol. The van der Waals surface area contributed by atoms with Crippen LogP contribution in [0.2, 0.25) is 0 Å². The number of aromatic nitrogens is 2. The van der Waals surface area contributed by atoms with Crippen molar-refractivity contribution in [1.82, 2.24) is 9.55 Å². The first-order valence-corrected chi connectivity index (χ1v) is 7.05. The highest BCUT2D eigenvalue weighted by molar-refractivity contribution is 5.76. The molecule has 0 amide bonds. The molecule has 1 aromatic heterocycles. The second-order valence-electron chi connectivity index (χ2n) is 5.65. The molecule has 1 fully saturated rings. The van der Waals surface area contributed by atoms with E-state index in [0.717, 1.165) is 42.7 Å². The van der Waals surface area contributed by atoms with E-state index in [0.29, 0.717) is 0 Å². The molecule has 4 heteroatoms. The molecule has 19 heavy (non-hydrogen) atoms. The smallest absolute Gasteiger partial charge is 0.125 e. The van der Waals surface area contributed by atoms with Gasteiger partial charge in [0.25, 0.3) is 0 Å². The number of rotatable bonds is 3. The zero-order chi connectivity index (χ0) is 13.5. The van der Waals surface area contributed by atoms with Gasteiger partial charge in [0.1, 0.15) is 11.6 Å². The first-order valence-electron chi connectivity index (χ1n) is 7.05. The Morgan fingerprint density at radius 1 is 1.37 bits per heavy atom. The zero-order valence-corrected chi connectivity index (χ0v) is 11.3. The lowest BCUT2D eigenvalue weighted by atomic mass is 9.94. The minimum atomic E-state index is -0.211. The van der Waals surface area contributed by atoms with E-state index in [4.69, 9.17) is 5.73 Å². The molecule has 1 aliphatic carbocycles. The molecule has 0 radical (unpaired) electrons. The van der Waals surface area contributed by atoms with Crippen LogP contribution < -0.4 is 5.73 Å². The van der Waals surface area contributed by atoms with E-state index >= 15 is 0 Å². The van der Waals surface area contributed by atoms with E-state index in [1.807, 2.05) is 0 Å². The van der Waals surface area contributed by atoms with Gasteiger partial charge in [0, 0.05) is 18.5 Å². The summed E-state index contributed by atoms with van der Waals surface area (Å²) in [5, 5.41) is 0. The molecule has 1 aromatic carbocycles. The Morgan fingerprint density at radius 2 is 2.11 bits per heavy atom. The van der Waals surface area contributed by atoms with Crippen molar-refractivity contribution in [2.45, 2.75) is 51.1 Å². The summed E-state index contributed by atoms with van der Waals surface area (Å²) in [5.41, 5.74) is 8.06. The summed E-state index contributed by atoms with van der Waals surface area (Å²) in [6.07, 6.45) is 5.33. The second-order valence-corrected chi connectivity index (χ2v) is 5.65. The summed E-state index contributed by atoms with van der Waals surface area (Å²) in [4.78, 5) is 4.65. The third kappa shape index (κ3) is 2.25. The highest BCUT2D eigenvalue weighted by Gasteiger charge is 2.31. The lowest BCUT2D eigenvalue weighted by Crippen LogP contribution is -2.39. The van der Waals surface area contributed by atoms with E-state index in [9.17, 15) is 4.39 Å². The lowest BCUT2D eigenvalue weighted by Gasteiger charge is -2.23. The van der Waals surface area contributed by atoms with Gasteiger partial charge in [-0.25, -0.2) is 9.37 Å². The highest BCUT2D eigenvalue weighted by Crippen LogP contribution is 2.31. The molecule has 3 rings (SSSR count). The van der Waals surface area contributed by atoms with Crippen molar-refractivity contribution in [3.63, 3.8) is 0 Å². The molecule has 0 saturated heterocycles. The van der Waals surface area contributed by atoms with Gasteiger partial charge in [-0.2, -0.15) is 0 Å². The van der Waals surface area contributed by atoms with Gasteiger partial charge in [0.15, 0.2) is 0 Å². The van der Waals surface area contributed by atoms with Crippen LogP contribution in [-0.2, 0) is 13.0 Å². The van der Waals surface area contributed by atoms with Crippen LogP contribution in [0.15, 0.2) is 18.2 Å². The zero-order valence-electron chi connectivity index (χ0n) is 11.3. The quantitative estimate of drug-likeness (QED) is 0.923. The number of imidazole rings is 1. The Bertz CT molecular complexity index is 597. The van der Waals surface area contributed by atoms with Crippen LogP contribution >= 0.6 is 0 Å². The molecule has 1 saturated carbocycles. The average molecular weight is 261 g/mol. The number of nitrogens with zero attached hydrogens (tertiary/aromatic N) is 2. The molecule has 102 valence electrons. The van der Waals surface area contributed by atoms with Crippen molar-refractivity contribution in [2.75, 3.05) is 0 Å². The van der Waals surface area contributed by atoms with Gasteiger partial charge in [-0.15, -0.1) is 0 Å². The number of aryl methyl sites for hydroxylation is 1. The second kappa shape index (κ2) is 4.60. The maximum atomic E-state index is 13.4. The summed E-state index contributed by atoms with van der Waals surface area (Å²) in [7, 11) is 0. The fourth-order valence-corrected chi connectivity index (χ4v) is 3.20. The van der Waals surface area contributed by atoms with E-state index in [-0.39, 0.29) is 11.4 Å². The summed E-state index contributed by atoms with van der Waals surface area (Å²) in [6, 6.07) is 4.78. The van der Waals surface area contributed by atoms with Crippen molar-refractivity contribution >= 4 is 11.0 Å². The SMILES string of the molecule is CCn1c(CC2(N)CCCC2)nc2ccc(F)cc21. The normalized spacial score (nSPS) is 18.3. The minimum Gasteiger partial charge on any atom is -0.328 e. The number of benzene rings is 1. The highest BCUT2D eigenvalue weighted by atomic mass is 19.1. The summed E-state index contributed by atoms with van der Waals surface area (Å²) >= 11 is 0. The number of hydrogen-bond donors (Lipinski definition) is 1. The van der Waals surface area contributed by atoms with Crippen molar-refractivity contribution in [3.05, 3.63) is 29.8 Å². The Labute approximate surface area is 112 Å². The van der Waals surface area contributed by atoms with Crippen molar-refractivity contribution in [3.8, 4) is 0 Å². The van der Waals surface area contributed by atoms with Crippen LogP contribution in [0.25, 0.3) is 11.0 Å². The Morgan fingerprint density at radius 3 is 2.79 bits per heavy atom. The van der Waals surface area contributed by atoms with Gasteiger partial charge >= 0.3 is 0 Å². The van der Waals surface area contributed by atoms with Gasteiger partial charge in [-0.05, 0) is 38.0 Å². The van der Waals surface area contributed by atoms with Gasteiger partial charge in [0.2, 0.25) is 0 Å². The van der Waals surface area contributed by atoms with Gasteiger partial charge < -0.3 is 10.3 Å². The minimum absolute atomic E-state index is 0.118. The Hall–Kier alpha value is -1.42. The first kappa shape index (κ1) is 12.6. The molecule has 2 N–H and O–H groups in total. The Kier molecular flexibility index (Phi) is 3.05. The summed E-state index contributed by atoms with van der Waals surface area (Å²) < 4.78 is 15.5. The fourth-order valence-electron chi connectivity index (χ4n) is 3.20. The molecule has 0 unspecified atom stereocenters. The first-order chi connectivity index (χ1) is 9.11. The summed E-state index contributed by atoms with van der Waals surface area (Å²) in [6.45, 7) is 2.86. The van der Waals surface area contributed by atoms with E-state index in [2.05, 4.69) is 16.5 Å². The third-order valence-electron chi connectivity index (χ3n) is 4.22. The van der Waals surface area contributed by atoms with E-state index < -0.39 is 0 Å². The van der Waals surface area contributed by atoms with Crippen molar-refractivity contribution in [2.24, 2.45) is 5.73 Å². The van der Waals surface area contributed by atoms with Gasteiger partial charge in [-0.3, -0.25) is 0 Å². The predicted molar refractivity (Wildman–Crippen MR) is 74.5 cm³/mol. The van der Waals surface area contributed by atoms with Crippen LogP contribution in [0.4, 0.5) is 4.39 Å². The molecule has 2 aromatic rings. The molecule has 3 nitrogen and oxygen atoms in total. The molecule has 1 heterocycles. The monoisotopic (exact) mass is 261 g/mol. The fraction of sp³-hybridized carbons (Fsp3) is 0.533. The summed E-state index contributed by atoms with van der Waals surface area (Å²) in [5.74, 6) is 0.782.